The molecule has 0 saturated carbocycles. The summed E-state index contributed by atoms with van der Waals surface area (Å²) in [4.78, 5) is 18.1. The number of benzene rings is 2. The normalized spacial score (nSPS) is 11.7. The van der Waals surface area contributed by atoms with Gasteiger partial charge in [0.2, 0.25) is 0 Å². The minimum Gasteiger partial charge on any atom is -0.374 e. The van der Waals surface area contributed by atoms with Gasteiger partial charge in [-0.2, -0.15) is 0 Å². The number of carbonyl (C=O) groups is 1. The monoisotopic (exact) mass is 431 g/mol. The second-order valence-electron chi connectivity index (χ2n) is 7.21. The predicted molar refractivity (Wildman–Crippen MR) is 124 cm³/mol. The van der Waals surface area contributed by atoms with E-state index in [-0.39, 0.29) is 17.8 Å². The zero-order valence-electron chi connectivity index (χ0n) is 17.2. The molecule has 0 aliphatic carbocycles. The molecule has 0 fully saturated rings. The molecule has 2 aromatic carbocycles. The Kier molecular flexibility index (Phi) is 6.09. The van der Waals surface area contributed by atoms with Gasteiger partial charge < -0.3 is 10.6 Å². The summed E-state index contributed by atoms with van der Waals surface area (Å²) in [5.41, 5.74) is 4.47. The molecule has 1 amide bonds. The van der Waals surface area contributed by atoms with Crippen LogP contribution in [0.3, 0.4) is 0 Å². The van der Waals surface area contributed by atoms with Crippen molar-refractivity contribution in [3.8, 4) is 0 Å². The lowest BCUT2D eigenvalue weighted by molar-refractivity contribution is 0.102. The fraction of sp³-hybridized carbons (Fsp3) is 0.120. The lowest BCUT2D eigenvalue weighted by Gasteiger charge is -2.23. The van der Waals surface area contributed by atoms with Gasteiger partial charge in [-0.25, -0.2) is 4.39 Å². The number of amides is 1. The van der Waals surface area contributed by atoms with E-state index in [9.17, 15) is 9.18 Å². The topological polar surface area (TPSA) is 54.0 Å². The summed E-state index contributed by atoms with van der Waals surface area (Å²) in [6.45, 7) is 4.10. The van der Waals surface area contributed by atoms with E-state index >= 15 is 0 Å². The molecule has 31 heavy (non-hydrogen) atoms. The summed E-state index contributed by atoms with van der Waals surface area (Å²) in [6.07, 6.45) is 3.48. The van der Waals surface area contributed by atoms with Crippen LogP contribution >= 0.6 is 11.3 Å². The Labute approximate surface area is 184 Å². The van der Waals surface area contributed by atoms with Gasteiger partial charge in [0, 0.05) is 34.1 Å². The number of halogens is 1. The molecule has 0 bridgehead atoms. The number of hydrogen-bond donors (Lipinski definition) is 2. The molecule has 2 N–H and O–H groups in total. The highest BCUT2D eigenvalue weighted by Gasteiger charge is 2.25. The molecular formula is C25H22FN3OS. The summed E-state index contributed by atoms with van der Waals surface area (Å²) in [5.74, 6) is -0.442. The summed E-state index contributed by atoms with van der Waals surface area (Å²) in [6, 6.07) is 19.1. The third-order valence-electron chi connectivity index (χ3n) is 5.18. The van der Waals surface area contributed by atoms with Crippen molar-refractivity contribution in [3.63, 3.8) is 0 Å². The van der Waals surface area contributed by atoms with Crippen LogP contribution in [0, 0.1) is 19.7 Å². The Morgan fingerprint density at radius 3 is 2.32 bits per heavy atom. The van der Waals surface area contributed by atoms with Crippen LogP contribution in [0.25, 0.3) is 0 Å². The second-order valence-corrected chi connectivity index (χ2v) is 8.44. The molecule has 0 aliphatic rings. The first-order valence-corrected chi connectivity index (χ1v) is 10.7. The fourth-order valence-corrected chi connectivity index (χ4v) is 4.53. The van der Waals surface area contributed by atoms with E-state index in [0.29, 0.717) is 5.56 Å². The van der Waals surface area contributed by atoms with Crippen LogP contribution in [0.5, 0.6) is 0 Å². The van der Waals surface area contributed by atoms with Gasteiger partial charge in [-0.1, -0.05) is 18.2 Å². The van der Waals surface area contributed by atoms with Crippen molar-refractivity contribution in [2.24, 2.45) is 0 Å². The first-order chi connectivity index (χ1) is 15.0. The number of rotatable bonds is 6. The minimum absolute atomic E-state index is 0.154. The molecule has 156 valence electrons. The van der Waals surface area contributed by atoms with Crippen molar-refractivity contribution < 1.29 is 9.18 Å². The Bertz CT molecular complexity index is 1170. The van der Waals surface area contributed by atoms with Crippen LogP contribution in [0.2, 0.25) is 0 Å². The maximum absolute atomic E-state index is 13.4. The van der Waals surface area contributed by atoms with E-state index in [1.165, 1.54) is 12.1 Å². The van der Waals surface area contributed by atoms with Gasteiger partial charge in [-0.05, 0) is 73.5 Å². The van der Waals surface area contributed by atoms with Gasteiger partial charge in [0.15, 0.2) is 0 Å². The van der Waals surface area contributed by atoms with E-state index < -0.39 is 0 Å². The Balaban J connectivity index is 1.75. The lowest BCUT2D eigenvalue weighted by Crippen LogP contribution is -2.17. The molecule has 0 radical (unpaired) electrons. The number of nitrogens with one attached hydrogen (secondary N) is 2. The van der Waals surface area contributed by atoms with Crippen molar-refractivity contribution in [2.45, 2.75) is 19.9 Å². The number of thiophene rings is 1. The smallest absolute Gasteiger partial charge is 0.256 e. The van der Waals surface area contributed by atoms with Gasteiger partial charge in [0.25, 0.3) is 5.91 Å². The molecular weight excluding hydrogens is 409 g/mol. The van der Waals surface area contributed by atoms with Gasteiger partial charge in [-0.15, -0.1) is 11.3 Å². The zero-order valence-corrected chi connectivity index (χ0v) is 18.0. The van der Waals surface area contributed by atoms with E-state index in [4.69, 9.17) is 0 Å². The summed E-state index contributed by atoms with van der Waals surface area (Å²) < 4.78 is 13.4. The van der Waals surface area contributed by atoms with Crippen molar-refractivity contribution in [3.05, 3.63) is 112 Å². The summed E-state index contributed by atoms with van der Waals surface area (Å²) in [7, 11) is 0. The first-order valence-electron chi connectivity index (χ1n) is 9.91. The standard InChI is InChI=1S/C25H22FN3OS/c1-16-17(2)31-25(29-24(30)19-6-4-3-5-7-19)22(16)23(18-12-14-27-15-13-18)28-21-10-8-20(26)9-11-21/h3-15,23,28H,1-2H3,(H,29,30). The first kappa shape index (κ1) is 20.8. The molecule has 2 heterocycles. The van der Waals surface area contributed by atoms with Crippen LogP contribution in [0.4, 0.5) is 15.1 Å². The highest BCUT2D eigenvalue weighted by Crippen LogP contribution is 2.41. The number of anilines is 2. The third-order valence-corrected chi connectivity index (χ3v) is 6.32. The SMILES string of the molecule is Cc1sc(NC(=O)c2ccccc2)c(C(Nc2ccc(F)cc2)c2ccncc2)c1C. The molecule has 4 rings (SSSR count). The maximum atomic E-state index is 13.4. The Morgan fingerprint density at radius 2 is 1.65 bits per heavy atom. The average Bonchev–Trinajstić information content (AvgIpc) is 3.07. The van der Waals surface area contributed by atoms with E-state index in [1.807, 2.05) is 37.3 Å². The zero-order chi connectivity index (χ0) is 21.8. The van der Waals surface area contributed by atoms with Crippen molar-refractivity contribution in [1.29, 1.82) is 0 Å². The number of nitrogens with zero attached hydrogens (tertiary/aromatic N) is 1. The number of aryl methyl sites for hydroxylation is 1. The van der Waals surface area contributed by atoms with Gasteiger partial charge in [0.1, 0.15) is 10.8 Å². The Morgan fingerprint density at radius 1 is 0.968 bits per heavy atom. The maximum Gasteiger partial charge on any atom is 0.256 e. The van der Waals surface area contributed by atoms with E-state index in [0.717, 1.165) is 32.3 Å². The number of aromatic nitrogens is 1. The van der Waals surface area contributed by atoms with E-state index in [2.05, 4.69) is 22.5 Å². The predicted octanol–water partition coefficient (Wildman–Crippen LogP) is 6.35. The van der Waals surface area contributed by atoms with Gasteiger partial charge in [-0.3, -0.25) is 9.78 Å². The largest absolute Gasteiger partial charge is 0.374 e. The minimum atomic E-state index is -0.288. The van der Waals surface area contributed by atoms with E-state index in [1.54, 1.807) is 48.0 Å². The van der Waals surface area contributed by atoms with Crippen molar-refractivity contribution >= 4 is 27.9 Å². The molecule has 0 saturated heterocycles. The highest BCUT2D eigenvalue weighted by atomic mass is 32.1. The quantitative estimate of drug-likeness (QED) is 0.374. The highest BCUT2D eigenvalue weighted by molar-refractivity contribution is 7.16. The molecule has 1 unspecified atom stereocenters. The number of carbonyl (C=O) groups excluding carboxylic acids is 1. The Hall–Kier alpha value is -3.51. The molecule has 2 aromatic heterocycles. The third kappa shape index (κ3) is 4.64. The van der Waals surface area contributed by atoms with Gasteiger partial charge >= 0.3 is 0 Å². The van der Waals surface area contributed by atoms with Crippen LogP contribution in [0.15, 0.2) is 79.1 Å². The lowest BCUT2D eigenvalue weighted by atomic mass is 9.96. The molecule has 4 aromatic rings. The van der Waals surface area contributed by atoms with Gasteiger partial charge in [0.05, 0.1) is 6.04 Å². The average molecular weight is 432 g/mol. The van der Waals surface area contributed by atoms with Crippen LogP contribution in [0.1, 0.15) is 38.0 Å². The molecule has 4 nitrogen and oxygen atoms in total. The summed E-state index contributed by atoms with van der Waals surface area (Å²) in [5, 5.41) is 7.40. The van der Waals surface area contributed by atoms with Crippen LogP contribution in [-0.4, -0.2) is 10.9 Å². The number of pyridine rings is 1. The van der Waals surface area contributed by atoms with Crippen LogP contribution < -0.4 is 10.6 Å². The number of hydrogen-bond acceptors (Lipinski definition) is 4. The van der Waals surface area contributed by atoms with Crippen molar-refractivity contribution in [2.75, 3.05) is 10.6 Å². The fourth-order valence-electron chi connectivity index (χ4n) is 3.44. The summed E-state index contributed by atoms with van der Waals surface area (Å²) >= 11 is 1.55. The molecule has 0 aliphatic heterocycles. The molecule has 0 spiro atoms. The van der Waals surface area contributed by atoms with Crippen LogP contribution in [-0.2, 0) is 0 Å². The second kappa shape index (κ2) is 9.10. The van der Waals surface area contributed by atoms with Crippen molar-refractivity contribution in [1.82, 2.24) is 4.98 Å². The molecule has 1 atom stereocenters. The molecule has 6 heteroatoms.